The van der Waals surface area contributed by atoms with Crippen molar-refractivity contribution in [3.8, 4) is 17.1 Å². The molecule has 0 atom stereocenters. The molecule has 5 rings (SSSR count). The molecule has 0 spiro atoms. The number of rotatable bonds is 14. The second-order valence-electron chi connectivity index (χ2n) is 9.64. The average molecular weight is 787 g/mol. The number of phosphoric ester groups is 1. The van der Waals surface area contributed by atoms with Crippen LogP contribution in [0.4, 0.5) is 20.7 Å². The second kappa shape index (κ2) is 19.0. The van der Waals surface area contributed by atoms with E-state index in [1.807, 2.05) is 0 Å². The smallest absolute Gasteiger partial charge is 0.790 e. The van der Waals surface area contributed by atoms with Crippen LogP contribution in [0.2, 0.25) is 5.02 Å². The molecular formula is C31H27ClFN4Na2O10PS. The third-order valence-corrected chi connectivity index (χ3v) is 7.14. The molecule has 2 aromatic heterocycles. The maximum Gasteiger partial charge on any atom is 1.00 e. The van der Waals surface area contributed by atoms with Crippen molar-refractivity contribution in [1.29, 1.82) is 0 Å². The van der Waals surface area contributed by atoms with E-state index in [-0.39, 0.29) is 98.8 Å². The Morgan fingerprint density at radius 2 is 1.88 bits per heavy atom. The second-order valence-corrected chi connectivity index (χ2v) is 12.9. The van der Waals surface area contributed by atoms with Crippen molar-refractivity contribution >= 4 is 57.8 Å². The zero-order valence-corrected chi connectivity index (χ0v) is 33.2. The Morgan fingerprint density at radius 3 is 2.59 bits per heavy atom. The molecule has 0 aliphatic rings. The molecule has 5 aromatic rings. The van der Waals surface area contributed by atoms with E-state index in [0.717, 1.165) is 18.2 Å². The molecule has 0 aliphatic carbocycles. The summed E-state index contributed by atoms with van der Waals surface area (Å²) in [4.78, 5) is 42.6. The summed E-state index contributed by atoms with van der Waals surface area (Å²) in [7, 11) is -10.8. The fourth-order valence-electron chi connectivity index (χ4n) is 3.89. The Hall–Kier alpha value is -2.57. The van der Waals surface area contributed by atoms with E-state index in [0.29, 0.717) is 16.6 Å². The van der Waals surface area contributed by atoms with E-state index in [4.69, 9.17) is 31.7 Å². The molecule has 0 radical (unpaired) electrons. The number of hydrogen-bond donors (Lipinski definition) is 1. The van der Waals surface area contributed by atoms with Gasteiger partial charge in [-0.05, 0) is 66.2 Å². The van der Waals surface area contributed by atoms with Gasteiger partial charge in [-0.1, -0.05) is 23.7 Å². The molecule has 0 fully saturated rings. The van der Waals surface area contributed by atoms with Gasteiger partial charge in [0.25, 0.3) is 0 Å². The van der Waals surface area contributed by atoms with Crippen molar-refractivity contribution in [2.24, 2.45) is 0 Å². The van der Waals surface area contributed by atoms with Crippen molar-refractivity contribution in [3.05, 3.63) is 101 Å². The Balaban J connectivity index is 0.00000465. The molecule has 258 valence electrons. The van der Waals surface area contributed by atoms with E-state index >= 15 is 0 Å². The Morgan fingerprint density at radius 1 is 1.10 bits per heavy atom. The van der Waals surface area contributed by atoms with Gasteiger partial charge in [0, 0.05) is 32.1 Å². The summed E-state index contributed by atoms with van der Waals surface area (Å²) in [5.41, 5.74) is -3.12. The van der Waals surface area contributed by atoms with E-state index in [1.165, 1.54) is 60.9 Å². The summed E-state index contributed by atoms with van der Waals surface area (Å²) in [5, 5.41) is 3.38. The molecule has 0 aliphatic heterocycles. The summed E-state index contributed by atoms with van der Waals surface area (Å²) in [6.45, 7) is -11.8. The summed E-state index contributed by atoms with van der Waals surface area (Å²) in [6.07, 6.45) is -0.649. The van der Waals surface area contributed by atoms with Gasteiger partial charge < -0.3 is 38.1 Å². The first-order valence-electron chi connectivity index (χ1n) is 17.4. The number of ether oxygens (including phenoxy) is 2. The number of halogens is 2. The monoisotopic (exact) mass is 786 g/mol. The predicted molar refractivity (Wildman–Crippen MR) is 173 cm³/mol. The normalized spacial score (nSPS) is 14.8. The Labute approximate surface area is 352 Å². The molecule has 0 unspecified atom stereocenters. The maximum atomic E-state index is 13.7. The van der Waals surface area contributed by atoms with Crippen LogP contribution in [-0.2, 0) is 36.7 Å². The number of benzene rings is 3. The van der Waals surface area contributed by atoms with Gasteiger partial charge in [-0.25, -0.2) is 27.6 Å². The van der Waals surface area contributed by atoms with Gasteiger partial charge in [0.1, 0.15) is 51.6 Å². The van der Waals surface area contributed by atoms with Crippen LogP contribution in [-0.4, -0.2) is 54.6 Å². The minimum Gasteiger partial charge on any atom is -0.790 e. The maximum absolute atomic E-state index is 13.7. The van der Waals surface area contributed by atoms with E-state index in [9.17, 15) is 32.0 Å². The van der Waals surface area contributed by atoms with Crippen LogP contribution >= 0.6 is 19.4 Å². The van der Waals surface area contributed by atoms with Crippen molar-refractivity contribution in [2.45, 2.75) is 13.1 Å². The minimum absolute atomic E-state index is 0. The molecule has 2 heterocycles. The SMILES string of the molecule is [2H]C([2H])(Oc1ccc(Nc2ncnc3ccc(-c4ccc(C([2H])([2H])N(C(=O)OCOP(=O)([O-])[O-])C([2H])([2H])C([2H])([2H])S(C)(=O)=O)o4)cc23)cc1Cl)c1cccc(F)c1.[Na+].[Na+]. The number of aromatic nitrogens is 2. The number of sulfone groups is 1. The van der Waals surface area contributed by atoms with Crippen LogP contribution in [0.3, 0.4) is 0 Å². The number of phosphoric acid groups is 1. The Kier molecular flexibility index (Phi) is 11.9. The van der Waals surface area contributed by atoms with Crippen molar-refractivity contribution in [2.75, 3.05) is 30.6 Å². The molecule has 1 amide bonds. The van der Waals surface area contributed by atoms with E-state index in [2.05, 4.69) is 24.5 Å². The van der Waals surface area contributed by atoms with E-state index < -0.39 is 72.3 Å². The van der Waals surface area contributed by atoms with Gasteiger partial charge in [-0.15, -0.1) is 0 Å². The largest absolute Gasteiger partial charge is 1.00 e. The van der Waals surface area contributed by atoms with Crippen LogP contribution in [0, 0.1) is 5.82 Å². The molecular weight excluding hydrogens is 752 g/mol. The fraction of sp³-hybridized carbons (Fsp3) is 0.194. The van der Waals surface area contributed by atoms with Crippen LogP contribution in [0.1, 0.15) is 22.3 Å². The summed E-state index contributed by atoms with van der Waals surface area (Å²) >= 11 is 6.41. The number of fused-ring (bicyclic) bond motifs is 1. The quantitative estimate of drug-likeness (QED) is 0.0802. The van der Waals surface area contributed by atoms with Gasteiger partial charge in [0.15, 0.2) is 6.79 Å². The zero-order valence-electron chi connectivity index (χ0n) is 34.7. The third kappa shape index (κ3) is 13.1. The standard InChI is InChI=1S/C31H29ClFN4O10PS.2Na/c1-49(42,43)12-11-37(31(38)45-19-46-48(39,40)41)16-24-7-10-28(47-24)21-5-8-27-25(14-21)30(35-18-34-27)36-23-6-9-29(26(32)15-23)44-17-20-3-2-4-22(33)13-20;;/h2-10,13-15,18H,11-12,16-17,19H2,1H3,(H,34,35,36)(H2,39,40,41);;/q;2*+1/p-2/i11D2,12D2,16D2,17D2;;. The third-order valence-electron chi connectivity index (χ3n) is 5.96. The van der Waals surface area contributed by atoms with Gasteiger partial charge in [-0.3, -0.25) is 4.90 Å². The first-order chi connectivity index (χ1) is 26.2. The summed E-state index contributed by atoms with van der Waals surface area (Å²) in [6, 6.07) is 15.7. The van der Waals surface area contributed by atoms with Crippen LogP contribution < -0.4 is 79.0 Å². The molecule has 51 heavy (non-hydrogen) atoms. The molecule has 0 saturated carbocycles. The number of nitrogens with one attached hydrogen (secondary N) is 1. The average Bonchev–Trinajstić information content (AvgIpc) is 3.60. The molecule has 0 bridgehead atoms. The van der Waals surface area contributed by atoms with Crippen LogP contribution in [0.25, 0.3) is 22.2 Å². The van der Waals surface area contributed by atoms with Crippen LogP contribution in [0.15, 0.2) is 83.5 Å². The molecule has 14 nitrogen and oxygen atoms in total. The number of amides is 1. The number of anilines is 2. The molecule has 0 saturated heterocycles. The van der Waals surface area contributed by atoms with E-state index in [1.54, 1.807) is 0 Å². The molecule has 1 N–H and O–H groups in total. The first kappa shape index (κ1) is 31.9. The van der Waals surface area contributed by atoms with Gasteiger partial charge >= 0.3 is 65.2 Å². The van der Waals surface area contributed by atoms with Crippen molar-refractivity contribution in [1.82, 2.24) is 14.9 Å². The fourth-order valence-corrected chi connectivity index (χ4v) is 4.55. The molecule has 3 aromatic carbocycles. The minimum atomic E-state index is -5.76. The number of carbonyl (C=O) groups excluding carboxylic acids is 1. The summed E-state index contributed by atoms with van der Waals surface area (Å²) in [5.74, 6) is -1.52. The van der Waals surface area contributed by atoms with Gasteiger partial charge in [-0.2, -0.15) is 0 Å². The van der Waals surface area contributed by atoms with Crippen LogP contribution in [0.5, 0.6) is 5.75 Å². The van der Waals surface area contributed by atoms with Gasteiger partial charge in [0.05, 0.1) is 38.8 Å². The number of nitrogens with zero attached hydrogens (tertiary/aromatic N) is 3. The Bertz CT molecular complexity index is 2510. The predicted octanol–water partition coefficient (Wildman–Crippen LogP) is -1.20. The zero-order chi connectivity index (χ0) is 42.4. The number of hydrogen-bond acceptors (Lipinski definition) is 13. The summed E-state index contributed by atoms with van der Waals surface area (Å²) < 4.78 is 135. The van der Waals surface area contributed by atoms with Gasteiger partial charge in [0.2, 0.25) is 0 Å². The first-order valence-corrected chi connectivity index (χ1v) is 17.2. The number of furan rings is 1. The van der Waals surface area contributed by atoms with Crippen molar-refractivity contribution in [3.63, 3.8) is 0 Å². The topological polar surface area (TPSA) is 196 Å². The molecule has 20 heteroatoms. The van der Waals surface area contributed by atoms with Crippen molar-refractivity contribution < 1.29 is 120 Å². The number of carbonyl (C=O) groups is 1.